The van der Waals surface area contributed by atoms with E-state index in [1.807, 2.05) is 24.0 Å². The first-order chi connectivity index (χ1) is 14.4. The molecular formula is C24H29NO5. The molecule has 2 aromatic rings. The highest BCUT2D eigenvalue weighted by atomic mass is 16.6. The normalized spacial score (nSPS) is 14.6. The number of rotatable bonds is 8. The molecule has 1 aliphatic rings. The lowest BCUT2D eigenvalue weighted by Gasteiger charge is -2.32. The number of carboxylic acids is 1. The van der Waals surface area contributed by atoms with Gasteiger partial charge in [0.25, 0.3) is 5.91 Å². The molecule has 160 valence electrons. The minimum Gasteiger partial charge on any atom is -0.486 e. The van der Waals surface area contributed by atoms with Gasteiger partial charge in [-0.2, -0.15) is 0 Å². The van der Waals surface area contributed by atoms with Crippen molar-refractivity contribution in [3.8, 4) is 11.5 Å². The van der Waals surface area contributed by atoms with E-state index < -0.39 is 5.97 Å². The molecule has 0 fully saturated rings. The molecule has 2 atom stereocenters. The Morgan fingerprint density at radius 3 is 2.23 bits per heavy atom. The van der Waals surface area contributed by atoms with Crippen LogP contribution in [0.4, 0.5) is 0 Å². The van der Waals surface area contributed by atoms with Crippen LogP contribution in [-0.4, -0.2) is 47.7 Å². The Balaban J connectivity index is 1.74. The average Bonchev–Trinajstić information content (AvgIpc) is 2.78. The van der Waals surface area contributed by atoms with Crippen molar-refractivity contribution in [2.45, 2.75) is 45.6 Å². The summed E-state index contributed by atoms with van der Waals surface area (Å²) >= 11 is 0. The van der Waals surface area contributed by atoms with E-state index in [-0.39, 0.29) is 23.4 Å². The van der Waals surface area contributed by atoms with Gasteiger partial charge < -0.3 is 19.5 Å². The van der Waals surface area contributed by atoms with Gasteiger partial charge in [0.05, 0.1) is 5.56 Å². The van der Waals surface area contributed by atoms with Gasteiger partial charge in [-0.3, -0.25) is 4.79 Å². The van der Waals surface area contributed by atoms with Gasteiger partial charge in [-0.15, -0.1) is 0 Å². The summed E-state index contributed by atoms with van der Waals surface area (Å²) in [5, 5.41) is 9.08. The Labute approximate surface area is 177 Å². The van der Waals surface area contributed by atoms with E-state index in [0.29, 0.717) is 36.8 Å². The molecule has 0 aliphatic carbocycles. The predicted molar refractivity (Wildman–Crippen MR) is 115 cm³/mol. The molecule has 1 heterocycles. The standard InChI is InChI=1S/C24H29NO5/c1-4-20(14-16(3)17-6-8-18(9-7-17)24(27)28)25(5-2)23(26)19-10-11-21-22(15-19)30-13-12-29-21/h6-11,15-16,20H,4-5,12-14H2,1-3H3,(H,27,28)/t16-,20-/m1/s1. The molecule has 0 spiro atoms. The van der Waals surface area contributed by atoms with Gasteiger partial charge in [0, 0.05) is 18.2 Å². The highest BCUT2D eigenvalue weighted by Gasteiger charge is 2.25. The van der Waals surface area contributed by atoms with Gasteiger partial charge >= 0.3 is 5.97 Å². The van der Waals surface area contributed by atoms with Gasteiger partial charge in [-0.1, -0.05) is 26.0 Å². The third-order valence-corrected chi connectivity index (χ3v) is 5.65. The smallest absolute Gasteiger partial charge is 0.335 e. The molecule has 1 aliphatic heterocycles. The van der Waals surface area contributed by atoms with Crippen molar-refractivity contribution in [3.63, 3.8) is 0 Å². The second-order valence-electron chi connectivity index (χ2n) is 7.58. The minimum atomic E-state index is -0.928. The van der Waals surface area contributed by atoms with E-state index in [1.165, 1.54) is 0 Å². The van der Waals surface area contributed by atoms with Crippen LogP contribution >= 0.6 is 0 Å². The molecule has 0 radical (unpaired) electrons. The van der Waals surface area contributed by atoms with E-state index in [0.717, 1.165) is 18.4 Å². The molecule has 0 unspecified atom stereocenters. The number of hydrogen-bond donors (Lipinski definition) is 1. The van der Waals surface area contributed by atoms with Gasteiger partial charge in [0.15, 0.2) is 11.5 Å². The Kier molecular flexibility index (Phi) is 6.98. The largest absolute Gasteiger partial charge is 0.486 e. The number of amides is 1. The Morgan fingerprint density at radius 1 is 1.00 bits per heavy atom. The number of nitrogens with zero attached hydrogens (tertiary/aromatic N) is 1. The maximum Gasteiger partial charge on any atom is 0.335 e. The van der Waals surface area contributed by atoms with E-state index >= 15 is 0 Å². The summed E-state index contributed by atoms with van der Waals surface area (Å²) in [5.41, 5.74) is 1.95. The molecule has 0 saturated carbocycles. The van der Waals surface area contributed by atoms with Crippen molar-refractivity contribution in [2.75, 3.05) is 19.8 Å². The first-order valence-electron chi connectivity index (χ1n) is 10.5. The van der Waals surface area contributed by atoms with Crippen LogP contribution in [0.3, 0.4) is 0 Å². The number of hydrogen-bond acceptors (Lipinski definition) is 4. The third kappa shape index (κ3) is 4.75. The second kappa shape index (κ2) is 9.65. The lowest BCUT2D eigenvalue weighted by molar-refractivity contribution is 0.0665. The molecule has 6 heteroatoms. The molecule has 30 heavy (non-hydrogen) atoms. The Hall–Kier alpha value is -3.02. The average molecular weight is 411 g/mol. The molecule has 1 N–H and O–H groups in total. The van der Waals surface area contributed by atoms with Gasteiger partial charge in [0.1, 0.15) is 13.2 Å². The van der Waals surface area contributed by atoms with Crippen molar-refractivity contribution in [1.82, 2.24) is 4.90 Å². The number of fused-ring (bicyclic) bond motifs is 1. The van der Waals surface area contributed by atoms with Gasteiger partial charge in [0.2, 0.25) is 0 Å². The molecule has 6 nitrogen and oxygen atoms in total. The fraction of sp³-hybridized carbons (Fsp3) is 0.417. The zero-order valence-electron chi connectivity index (χ0n) is 17.8. The number of carbonyl (C=O) groups excluding carboxylic acids is 1. The number of aromatic carboxylic acids is 1. The second-order valence-corrected chi connectivity index (χ2v) is 7.58. The van der Waals surface area contributed by atoms with Crippen molar-refractivity contribution in [2.24, 2.45) is 0 Å². The van der Waals surface area contributed by atoms with Crippen LogP contribution in [0.25, 0.3) is 0 Å². The van der Waals surface area contributed by atoms with E-state index in [1.54, 1.807) is 30.3 Å². The SMILES string of the molecule is CC[C@H](C[C@@H](C)c1ccc(C(=O)O)cc1)N(CC)C(=O)c1ccc2c(c1)OCCO2. The van der Waals surface area contributed by atoms with Crippen molar-refractivity contribution < 1.29 is 24.2 Å². The van der Waals surface area contributed by atoms with Crippen LogP contribution in [0, 0.1) is 0 Å². The predicted octanol–water partition coefficient (Wildman–Crippen LogP) is 4.59. The van der Waals surface area contributed by atoms with E-state index in [4.69, 9.17) is 14.6 Å². The fourth-order valence-corrected chi connectivity index (χ4v) is 3.92. The van der Waals surface area contributed by atoms with Crippen molar-refractivity contribution in [3.05, 3.63) is 59.2 Å². The lowest BCUT2D eigenvalue weighted by atomic mass is 9.91. The van der Waals surface area contributed by atoms with Crippen LogP contribution in [0.5, 0.6) is 11.5 Å². The summed E-state index contributed by atoms with van der Waals surface area (Å²) < 4.78 is 11.2. The van der Waals surface area contributed by atoms with Gasteiger partial charge in [-0.05, 0) is 61.6 Å². The van der Waals surface area contributed by atoms with Crippen LogP contribution in [0.15, 0.2) is 42.5 Å². The molecule has 0 saturated heterocycles. The first kappa shape index (κ1) is 21.7. The van der Waals surface area contributed by atoms with E-state index in [2.05, 4.69) is 13.8 Å². The number of carbonyl (C=O) groups is 2. The quantitative estimate of drug-likeness (QED) is 0.688. The number of carboxylic acid groups (broad SMARTS) is 1. The minimum absolute atomic E-state index is 0.0188. The fourth-order valence-electron chi connectivity index (χ4n) is 3.92. The highest BCUT2D eigenvalue weighted by molar-refractivity contribution is 5.95. The van der Waals surface area contributed by atoms with Crippen LogP contribution in [0.1, 0.15) is 65.8 Å². The summed E-state index contributed by atoms with van der Waals surface area (Å²) in [6.07, 6.45) is 1.63. The zero-order chi connectivity index (χ0) is 21.7. The number of benzene rings is 2. The monoisotopic (exact) mass is 411 g/mol. The van der Waals surface area contributed by atoms with E-state index in [9.17, 15) is 9.59 Å². The molecule has 3 rings (SSSR count). The summed E-state index contributed by atoms with van der Waals surface area (Å²) in [7, 11) is 0. The summed E-state index contributed by atoms with van der Waals surface area (Å²) in [4.78, 5) is 26.2. The molecule has 2 aromatic carbocycles. The highest BCUT2D eigenvalue weighted by Crippen LogP contribution is 2.32. The Morgan fingerprint density at radius 2 is 1.63 bits per heavy atom. The first-order valence-corrected chi connectivity index (χ1v) is 10.5. The summed E-state index contributed by atoms with van der Waals surface area (Å²) in [6.45, 7) is 7.80. The Bertz CT molecular complexity index is 893. The maximum absolute atomic E-state index is 13.3. The zero-order valence-corrected chi connectivity index (χ0v) is 17.8. The summed E-state index contributed by atoms with van der Waals surface area (Å²) in [6, 6.07) is 12.4. The summed E-state index contributed by atoms with van der Waals surface area (Å²) in [5.74, 6) is 0.534. The molecular weight excluding hydrogens is 382 g/mol. The molecule has 1 amide bonds. The number of ether oxygens (including phenoxy) is 2. The molecule has 0 aromatic heterocycles. The van der Waals surface area contributed by atoms with Crippen molar-refractivity contribution in [1.29, 1.82) is 0 Å². The van der Waals surface area contributed by atoms with Crippen LogP contribution < -0.4 is 9.47 Å². The van der Waals surface area contributed by atoms with Crippen molar-refractivity contribution >= 4 is 11.9 Å². The third-order valence-electron chi connectivity index (χ3n) is 5.65. The van der Waals surface area contributed by atoms with Crippen LogP contribution in [-0.2, 0) is 0 Å². The van der Waals surface area contributed by atoms with Gasteiger partial charge in [-0.25, -0.2) is 4.79 Å². The maximum atomic E-state index is 13.3. The lowest BCUT2D eigenvalue weighted by Crippen LogP contribution is -2.40. The molecule has 0 bridgehead atoms. The van der Waals surface area contributed by atoms with Crippen LogP contribution in [0.2, 0.25) is 0 Å². The topological polar surface area (TPSA) is 76.1 Å².